The molecule has 3 fully saturated rings. The van der Waals surface area contributed by atoms with Gasteiger partial charge in [-0.25, -0.2) is 0 Å². The minimum Gasteiger partial charge on any atom is -0.394 e. The first kappa shape index (κ1) is 30.4. The summed E-state index contributed by atoms with van der Waals surface area (Å²) in [5.74, 6) is -1.88. The van der Waals surface area contributed by atoms with Crippen LogP contribution in [0.25, 0.3) is 0 Å². The smallest absolute Gasteiger partial charge is 0.251 e. The first-order valence-corrected chi connectivity index (χ1v) is 15.6. The maximum Gasteiger partial charge on any atom is 0.251 e. The molecule has 3 amide bonds. The first-order chi connectivity index (χ1) is 20.1. The van der Waals surface area contributed by atoms with Gasteiger partial charge in [0, 0.05) is 35.1 Å². The lowest BCUT2D eigenvalue weighted by Gasteiger charge is -2.39. The number of aliphatic hydroxyl groups excluding tert-OH is 1. The van der Waals surface area contributed by atoms with Crippen LogP contribution in [0.3, 0.4) is 0 Å². The number of aliphatic hydroxyl groups is 1. The van der Waals surface area contributed by atoms with Crippen LogP contribution >= 0.6 is 23.4 Å². The molecule has 222 valence electrons. The van der Waals surface area contributed by atoms with E-state index in [0.717, 1.165) is 5.56 Å². The number of carbonyl (C=O) groups is 3. The third-order valence-corrected chi connectivity index (χ3v) is 11.3. The zero-order valence-corrected chi connectivity index (χ0v) is 25.7. The van der Waals surface area contributed by atoms with Crippen molar-refractivity contribution in [3.05, 3.63) is 90.5 Å². The fourth-order valence-electron chi connectivity index (χ4n) is 7.19. The van der Waals surface area contributed by atoms with Crippen LogP contribution in [0.15, 0.2) is 79.9 Å². The summed E-state index contributed by atoms with van der Waals surface area (Å²) >= 11 is 7.76. The van der Waals surface area contributed by atoms with Crippen molar-refractivity contribution < 1.29 is 19.5 Å². The van der Waals surface area contributed by atoms with Gasteiger partial charge < -0.3 is 19.8 Å². The molecule has 0 saturated carbocycles. The van der Waals surface area contributed by atoms with E-state index in [1.165, 1.54) is 0 Å². The minimum absolute atomic E-state index is 0.0981. The summed E-state index contributed by atoms with van der Waals surface area (Å²) in [5, 5.41) is 10.8. The molecular formula is C33H38ClN3O4S. The molecule has 0 radical (unpaired) electrons. The van der Waals surface area contributed by atoms with E-state index in [9.17, 15) is 19.5 Å². The lowest BCUT2D eigenvalue weighted by Crippen LogP contribution is -2.57. The van der Waals surface area contributed by atoms with E-state index in [2.05, 4.69) is 20.1 Å². The number of hydrogen-bond acceptors (Lipinski definition) is 5. The molecule has 3 aliphatic rings. The molecule has 3 saturated heterocycles. The van der Waals surface area contributed by atoms with E-state index >= 15 is 0 Å². The minimum atomic E-state index is -0.848. The van der Waals surface area contributed by atoms with Gasteiger partial charge in [0.05, 0.1) is 29.2 Å². The van der Waals surface area contributed by atoms with E-state index in [4.69, 9.17) is 11.6 Å². The van der Waals surface area contributed by atoms with E-state index in [1.54, 1.807) is 69.8 Å². The number of carbonyl (C=O) groups excluding carboxylic acids is 3. The third-order valence-electron chi connectivity index (χ3n) is 9.05. The van der Waals surface area contributed by atoms with Crippen LogP contribution in [0.4, 0.5) is 5.69 Å². The summed E-state index contributed by atoms with van der Waals surface area (Å²) in [7, 11) is 0. The SMILES string of the molecule is C=CCN(Cc1ccccc1)C(=O)[C@@H]1[C@H]2C(=O)N([C@H](C)CO)C(C(=O)N(CC=C)c3ccc(Cl)cc3)C23CC[C@@]1(C)S3. The summed E-state index contributed by atoms with van der Waals surface area (Å²) in [4.78, 5) is 48.5. The van der Waals surface area contributed by atoms with Crippen LogP contribution in [0, 0.1) is 11.8 Å². The summed E-state index contributed by atoms with van der Waals surface area (Å²) in [6, 6.07) is 15.3. The van der Waals surface area contributed by atoms with Crippen molar-refractivity contribution in [3.8, 4) is 0 Å². The fraction of sp³-hybridized carbons (Fsp3) is 0.424. The molecule has 2 aromatic rings. The van der Waals surface area contributed by atoms with Gasteiger partial charge in [0.2, 0.25) is 11.8 Å². The van der Waals surface area contributed by atoms with Crippen LogP contribution in [0.5, 0.6) is 0 Å². The summed E-state index contributed by atoms with van der Waals surface area (Å²) in [6.07, 6.45) is 4.70. The normalized spacial score (nSPS) is 28.3. The average Bonchev–Trinajstić information content (AvgIpc) is 3.56. The van der Waals surface area contributed by atoms with Crippen molar-refractivity contribution >= 4 is 46.8 Å². The molecule has 0 aliphatic carbocycles. The van der Waals surface area contributed by atoms with Crippen LogP contribution in [0.2, 0.25) is 5.02 Å². The molecule has 2 unspecified atom stereocenters. The predicted molar refractivity (Wildman–Crippen MR) is 168 cm³/mol. The average molecular weight is 608 g/mol. The Kier molecular flexibility index (Phi) is 8.61. The zero-order valence-electron chi connectivity index (χ0n) is 24.1. The van der Waals surface area contributed by atoms with Crippen molar-refractivity contribution in [2.24, 2.45) is 11.8 Å². The van der Waals surface area contributed by atoms with Gasteiger partial charge in [-0.1, -0.05) is 54.1 Å². The van der Waals surface area contributed by atoms with Crippen LogP contribution in [-0.2, 0) is 20.9 Å². The van der Waals surface area contributed by atoms with Crippen molar-refractivity contribution in [1.82, 2.24) is 9.80 Å². The molecule has 5 rings (SSSR count). The van der Waals surface area contributed by atoms with Crippen molar-refractivity contribution in [2.75, 3.05) is 24.6 Å². The molecule has 3 aliphatic heterocycles. The van der Waals surface area contributed by atoms with Crippen molar-refractivity contribution in [2.45, 2.75) is 54.8 Å². The third kappa shape index (κ3) is 4.97. The Bertz CT molecular complexity index is 1370. The highest BCUT2D eigenvalue weighted by Gasteiger charge is 2.77. The number of halogens is 1. The molecule has 1 spiro atoms. The number of anilines is 1. The van der Waals surface area contributed by atoms with Gasteiger partial charge in [0.15, 0.2) is 0 Å². The van der Waals surface area contributed by atoms with Gasteiger partial charge in [-0.15, -0.1) is 24.9 Å². The van der Waals surface area contributed by atoms with Crippen molar-refractivity contribution in [1.29, 1.82) is 0 Å². The van der Waals surface area contributed by atoms with E-state index < -0.39 is 33.4 Å². The fourth-order valence-corrected chi connectivity index (χ4v) is 9.65. The van der Waals surface area contributed by atoms with Gasteiger partial charge in [-0.2, -0.15) is 0 Å². The van der Waals surface area contributed by atoms with Crippen molar-refractivity contribution in [3.63, 3.8) is 0 Å². The molecule has 2 bridgehead atoms. The number of likely N-dealkylation sites (tertiary alicyclic amines) is 1. The van der Waals surface area contributed by atoms with E-state index in [1.807, 2.05) is 30.3 Å². The topological polar surface area (TPSA) is 81.2 Å². The molecular weight excluding hydrogens is 570 g/mol. The second-order valence-corrected chi connectivity index (χ2v) is 14.0. The van der Waals surface area contributed by atoms with Gasteiger partial charge in [-0.3, -0.25) is 14.4 Å². The Morgan fingerprint density at radius 3 is 2.38 bits per heavy atom. The number of hydrogen-bond donors (Lipinski definition) is 1. The number of thioether (sulfide) groups is 1. The maximum absolute atomic E-state index is 14.6. The Morgan fingerprint density at radius 1 is 1.10 bits per heavy atom. The number of fused-ring (bicyclic) bond motifs is 1. The molecule has 2 aromatic carbocycles. The highest BCUT2D eigenvalue weighted by Crippen LogP contribution is 2.72. The highest BCUT2D eigenvalue weighted by molar-refractivity contribution is 8.02. The number of nitrogens with zero attached hydrogens (tertiary/aromatic N) is 3. The highest BCUT2D eigenvalue weighted by atomic mass is 35.5. The quantitative estimate of drug-likeness (QED) is 0.366. The van der Waals surface area contributed by atoms with E-state index in [-0.39, 0.29) is 30.9 Å². The first-order valence-electron chi connectivity index (χ1n) is 14.4. The van der Waals surface area contributed by atoms with Gasteiger partial charge >= 0.3 is 0 Å². The molecule has 9 heteroatoms. The lowest BCUT2D eigenvalue weighted by atomic mass is 9.66. The molecule has 1 N–H and O–H groups in total. The van der Waals surface area contributed by atoms with Gasteiger partial charge in [0.1, 0.15) is 6.04 Å². The maximum atomic E-state index is 14.6. The second kappa shape index (κ2) is 11.9. The molecule has 42 heavy (non-hydrogen) atoms. The summed E-state index contributed by atoms with van der Waals surface area (Å²) in [5.41, 5.74) is 1.64. The van der Waals surface area contributed by atoms with Gasteiger partial charge in [-0.05, 0) is 56.5 Å². The lowest BCUT2D eigenvalue weighted by molar-refractivity contribution is -0.146. The Balaban J connectivity index is 1.57. The number of benzene rings is 2. The van der Waals surface area contributed by atoms with Gasteiger partial charge in [0.25, 0.3) is 5.91 Å². The Morgan fingerprint density at radius 2 is 1.76 bits per heavy atom. The monoisotopic (exact) mass is 607 g/mol. The predicted octanol–water partition coefficient (Wildman–Crippen LogP) is 4.94. The second-order valence-electron chi connectivity index (χ2n) is 11.7. The molecule has 3 heterocycles. The zero-order chi connectivity index (χ0) is 30.2. The summed E-state index contributed by atoms with van der Waals surface area (Å²) in [6.45, 7) is 12.3. The number of amides is 3. The largest absolute Gasteiger partial charge is 0.394 e. The summed E-state index contributed by atoms with van der Waals surface area (Å²) < 4.78 is -1.31. The molecule has 7 nitrogen and oxygen atoms in total. The van der Waals surface area contributed by atoms with Crippen LogP contribution in [0.1, 0.15) is 32.3 Å². The standard InChI is InChI=1S/C33H38ClN3O4S/c1-5-18-35(20-23-10-8-7-9-11-23)29(39)26-27-30(40)37(22(3)21-38)28(33(27)17-16-32(26,4)42-33)31(41)36(19-6-2)25-14-12-24(34)13-15-25/h5-15,22,26-28,38H,1-2,16-21H2,3-4H3/t22-,26+,27+,28?,32-,33?/m1/s1. The number of rotatable bonds is 11. The molecule has 6 atom stereocenters. The Labute approximate surface area is 257 Å². The molecule has 0 aromatic heterocycles. The van der Waals surface area contributed by atoms with Crippen LogP contribution in [-0.4, -0.2) is 73.9 Å². The Hall–Kier alpha value is -3.07. The van der Waals surface area contributed by atoms with Crippen LogP contribution < -0.4 is 4.90 Å². The van der Waals surface area contributed by atoms with E-state index in [0.29, 0.717) is 36.6 Å².